The number of carbonyl (C=O) groups is 1. The number of tetrazole rings is 1. The Labute approximate surface area is 146 Å². The second kappa shape index (κ2) is 5.64. The van der Waals surface area contributed by atoms with E-state index in [1.807, 2.05) is 12.1 Å². The molecule has 1 aromatic heterocycles. The number of nitrogens with one attached hydrogen (secondary N) is 1. The minimum absolute atomic E-state index is 0.226. The monoisotopic (exact) mass is 338 g/mol. The van der Waals surface area contributed by atoms with Crippen LogP contribution in [0.25, 0.3) is 11.4 Å². The number of ether oxygens (including phenoxy) is 1. The van der Waals surface area contributed by atoms with Crippen LogP contribution >= 0.6 is 0 Å². The Morgan fingerprint density at radius 1 is 1.08 bits per heavy atom. The van der Waals surface area contributed by atoms with Crippen LogP contribution in [0.4, 0.5) is 0 Å². The van der Waals surface area contributed by atoms with Gasteiger partial charge in [0, 0.05) is 11.0 Å². The second-order valence-electron chi connectivity index (χ2n) is 8.31. The summed E-state index contributed by atoms with van der Waals surface area (Å²) in [5.74, 6) is 2.92. The van der Waals surface area contributed by atoms with Gasteiger partial charge in [0.2, 0.25) is 5.82 Å². The molecule has 1 N–H and O–H groups in total. The van der Waals surface area contributed by atoms with Gasteiger partial charge in [0.1, 0.15) is 0 Å². The smallest absolute Gasteiger partial charge is 0.338 e. The molecule has 2 aromatic rings. The van der Waals surface area contributed by atoms with Crippen molar-refractivity contribution < 1.29 is 9.53 Å². The molecule has 6 nitrogen and oxygen atoms in total. The molecule has 6 heteroatoms. The quantitative estimate of drug-likeness (QED) is 0.866. The zero-order chi connectivity index (χ0) is 16.9. The lowest BCUT2D eigenvalue weighted by Crippen LogP contribution is -2.48. The minimum atomic E-state index is -0.226. The molecule has 4 bridgehead atoms. The first-order valence-corrected chi connectivity index (χ1v) is 9.20. The van der Waals surface area contributed by atoms with E-state index in [0.717, 1.165) is 23.3 Å². The average Bonchev–Trinajstić information content (AvgIpc) is 3.13. The van der Waals surface area contributed by atoms with Gasteiger partial charge in [0.05, 0.1) is 12.2 Å². The highest BCUT2D eigenvalue weighted by molar-refractivity contribution is 5.89. The third-order valence-electron chi connectivity index (χ3n) is 6.40. The van der Waals surface area contributed by atoms with Crippen LogP contribution in [0.15, 0.2) is 24.3 Å². The van der Waals surface area contributed by atoms with Crippen LogP contribution in [0.1, 0.15) is 48.9 Å². The van der Waals surface area contributed by atoms with Gasteiger partial charge in [-0.15, -0.1) is 10.2 Å². The molecule has 4 saturated carbocycles. The number of H-pyrrole nitrogens is 1. The molecule has 0 atom stereocenters. The lowest BCUT2D eigenvalue weighted by molar-refractivity contribution is -0.0848. The lowest BCUT2D eigenvalue weighted by atomic mass is 9.50. The van der Waals surface area contributed by atoms with E-state index < -0.39 is 0 Å². The number of carbonyl (C=O) groups excluding carboxylic acids is 1. The molecule has 0 spiro atoms. The van der Waals surface area contributed by atoms with Crippen LogP contribution in [0.5, 0.6) is 0 Å². The van der Waals surface area contributed by atoms with Crippen molar-refractivity contribution in [1.29, 1.82) is 0 Å². The van der Waals surface area contributed by atoms with E-state index >= 15 is 0 Å². The molecule has 1 heterocycles. The van der Waals surface area contributed by atoms with Crippen LogP contribution in [0, 0.1) is 23.2 Å². The molecule has 25 heavy (non-hydrogen) atoms. The first-order chi connectivity index (χ1) is 12.2. The molecule has 4 aliphatic carbocycles. The molecule has 1 aromatic carbocycles. The zero-order valence-electron chi connectivity index (χ0n) is 14.1. The lowest BCUT2D eigenvalue weighted by Gasteiger charge is -2.56. The van der Waals surface area contributed by atoms with Gasteiger partial charge in [-0.1, -0.05) is 12.1 Å². The zero-order valence-corrected chi connectivity index (χ0v) is 14.1. The molecule has 130 valence electrons. The summed E-state index contributed by atoms with van der Waals surface area (Å²) in [6.45, 7) is 0.585. The Morgan fingerprint density at radius 2 is 1.72 bits per heavy atom. The maximum atomic E-state index is 12.5. The van der Waals surface area contributed by atoms with Crippen LogP contribution < -0.4 is 0 Å². The summed E-state index contributed by atoms with van der Waals surface area (Å²) in [5.41, 5.74) is 1.66. The van der Waals surface area contributed by atoms with Crippen molar-refractivity contribution in [3.63, 3.8) is 0 Å². The van der Waals surface area contributed by atoms with Gasteiger partial charge in [-0.2, -0.15) is 5.21 Å². The third kappa shape index (κ3) is 2.73. The highest BCUT2D eigenvalue weighted by Crippen LogP contribution is 2.60. The van der Waals surface area contributed by atoms with Crippen molar-refractivity contribution in [3.8, 4) is 11.4 Å². The maximum absolute atomic E-state index is 12.5. The Kier molecular flexibility index (Phi) is 3.40. The topological polar surface area (TPSA) is 80.8 Å². The van der Waals surface area contributed by atoms with Crippen molar-refractivity contribution in [2.75, 3.05) is 6.61 Å². The van der Waals surface area contributed by atoms with E-state index in [1.165, 1.54) is 38.5 Å². The number of aromatic nitrogens is 4. The van der Waals surface area contributed by atoms with E-state index in [4.69, 9.17) is 4.74 Å². The fraction of sp³-hybridized carbons (Fsp3) is 0.579. The van der Waals surface area contributed by atoms with E-state index in [9.17, 15) is 4.79 Å². The van der Waals surface area contributed by atoms with Crippen LogP contribution in [0.2, 0.25) is 0 Å². The second-order valence-corrected chi connectivity index (χ2v) is 8.31. The summed E-state index contributed by atoms with van der Waals surface area (Å²) < 4.78 is 5.75. The fourth-order valence-electron chi connectivity index (χ4n) is 5.81. The van der Waals surface area contributed by atoms with Crippen molar-refractivity contribution in [1.82, 2.24) is 20.6 Å². The Balaban J connectivity index is 1.25. The molecule has 0 saturated heterocycles. The van der Waals surface area contributed by atoms with Crippen molar-refractivity contribution in [3.05, 3.63) is 29.8 Å². The fourth-order valence-corrected chi connectivity index (χ4v) is 5.81. The number of aromatic amines is 1. The van der Waals surface area contributed by atoms with Gasteiger partial charge < -0.3 is 4.74 Å². The first kappa shape index (κ1) is 15.0. The van der Waals surface area contributed by atoms with Crippen LogP contribution in [-0.2, 0) is 4.74 Å². The first-order valence-electron chi connectivity index (χ1n) is 9.20. The molecule has 0 aliphatic heterocycles. The Morgan fingerprint density at radius 3 is 2.28 bits per heavy atom. The van der Waals surface area contributed by atoms with Crippen molar-refractivity contribution in [2.24, 2.45) is 23.2 Å². The number of esters is 1. The standard InChI is InChI=1S/C19H22N4O2/c24-18(16-3-1-15(2-4-16)17-20-22-23-21-17)25-11-19-8-12-5-13(9-19)7-14(6-12)10-19/h1-4,12-14H,5-11H2,(H,20,21,22,23). The molecular formula is C19H22N4O2. The normalized spacial score (nSPS) is 32.7. The SMILES string of the molecule is O=C(OCC12CC3CC(CC(C3)C1)C2)c1ccc(-c2nn[nH]n2)cc1. The maximum Gasteiger partial charge on any atom is 0.338 e. The molecule has 0 unspecified atom stereocenters. The summed E-state index contributed by atoms with van der Waals surface area (Å²) in [6.07, 6.45) is 7.98. The van der Waals surface area contributed by atoms with Crippen LogP contribution in [-0.4, -0.2) is 33.2 Å². The summed E-state index contributed by atoms with van der Waals surface area (Å²) in [6, 6.07) is 7.19. The van der Waals surface area contributed by atoms with Crippen molar-refractivity contribution >= 4 is 5.97 Å². The summed E-state index contributed by atoms with van der Waals surface area (Å²) in [5, 5.41) is 13.9. The highest BCUT2D eigenvalue weighted by atomic mass is 16.5. The summed E-state index contributed by atoms with van der Waals surface area (Å²) >= 11 is 0. The molecule has 0 radical (unpaired) electrons. The average molecular weight is 338 g/mol. The molecule has 0 amide bonds. The van der Waals surface area contributed by atoms with E-state index in [2.05, 4.69) is 20.6 Å². The van der Waals surface area contributed by atoms with E-state index in [-0.39, 0.29) is 11.4 Å². The van der Waals surface area contributed by atoms with Gasteiger partial charge in [-0.3, -0.25) is 0 Å². The van der Waals surface area contributed by atoms with Gasteiger partial charge in [0.15, 0.2) is 0 Å². The number of benzene rings is 1. The predicted molar refractivity (Wildman–Crippen MR) is 90.5 cm³/mol. The summed E-state index contributed by atoms with van der Waals surface area (Å²) in [4.78, 5) is 12.5. The summed E-state index contributed by atoms with van der Waals surface area (Å²) in [7, 11) is 0. The third-order valence-corrected chi connectivity index (χ3v) is 6.40. The van der Waals surface area contributed by atoms with E-state index in [1.54, 1.807) is 12.1 Å². The van der Waals surface area contributed by atoms with Gasteiger partial charge in [-0.25, -0.2) is 4.79 Å². The van der Waals surface area contributed by atoms with Crippen LogP contribution in [0.3, 0.4) is 0 Å². The van der Waals surface area contributed by atoms with Gasteiger partial charge >= 0.3 is 5.97 Å². The number of nitrogens with zero attached hydrogens (tertiary/aromatic N) is 3. The predicted octanol–water partition coefficient (Wildman–Crippen LogP) is 3.24. The Hall–Kier alpha value is -2.24. The van der Waals surface area contributed by atoms with Crippen molar-refractivity contribution in [2.45, 2.75) is 38.5 Å². The molecule has 6 rings (SSSR count). The number of hydrogen-bond acceptors (Lipinski definition) is 5. The number of hydrogen-bond donors (Lipinski definition) is 1. The van der Waals surface area contributed by atoms with E-state index in [0.29, 0.717) is 18.0 Å². The molecular weight excluding hydrogens is 316 g/mol. The largest absolute Gasteiger partial charge is 0.462 e. The molecule has 4 fully saturated rings. The molecule has 4 aliphatic rings. The highest BCUT2D eigenvalue weighted by Gasteiger charge is 2.51. The van der Waals surface area contributed by atoms with Gasteiger partial charge in [-0.05, 0) is 73.6 Å². The Bertz CT molecular complexity index is 734. The minimum Gasteiger partial charge on any atom is -0.462 e. The number of rotatable bonds is 4. The van der Waals surface area contributed by atoms with Gasteiger partial charge in [0.25, 0.3) is 0 Å².